The van der Waals surface area contributed by atoms with E-state index < -0.39 is 0 Å². The molecule has 0 aliphatic carbocycles. The van der Waals surface area contributed by atoms with Crippen LogP contribution < -0.4 is 5.32 Å². The third kappa shape index (κ3) is 3.93. The van der Waals surface area contributed by atoms with E-state index in [0.717, 1.165) is 24.6 Å². The average Bonchev–Trinajstić information content (AvgIpc) is 2.22. The first-order chi connectivity index (χ1) is 8.19. The van der Waals surface area contributed by atoms with Gasteiger partial charge in [-0.05, 0) is 47.0 Å². The third-order valence-corrected chi connectivity index (χ3v) is 4.10. The molecule has 1 saturated heterocycles. The molecule has 0 aromatic carbocycles. The van der Waals surface area contributed by atoms with Crippen LogP contribution in [0.3, 0.4) is 0 Å². The predicted octanol–water partition coefficient (Wildman–Crippen LogP) is 2.69. The minimum atomic E-state index is -0.310. The van der Waals surface area contributed by atoms with Crippen LogP contribution in [0.1, 0.15) is 53.4 Å². The molecule has 1 fully saturated rings. The Labute approximate surface area is 118 Å². The quantitative estimate of drug-likeness (QED) is 0.783. The van der Waals surface area contributed by atoms with E-state index in [1.165, 1.54) is 5.06 Å². The van der Waals surface area contributed by atoms with E-state index in [1.54, 1.807) is 0 Å². The van der Waals surface area contributed by atoms with Gasteiger partial charge in [0.05, 0.1) is 0 Å². The number of hydrogen-bond acceptors (Lipinski definition) is 3. The minimum absolute atomic E-state index is 0.109. The van der Waals surface area contributed by atoms with E-state index in [9.17, 15) is 10.0 Å². The van der Waals surface area contributed by atoms with Gasteiger partial charge in [0, 0.05) is 28.9 Å². The summed E-state index contributed by atoms with van der Waals surface area (Å²) in [6.45, 7) is 8.02. The molecule has 0 unspecified atom stereocenters. The molecule has 2 N–H and O–H groups in total. The summed E-state index contributed by atoms with van der Waals surface area (Å²) in [4.78, 5) is 11.8. The standard InChI is InChI=1S/C13H25BrN2O2/c1-12(2)8-10(9-13(3,4)16(12)18)15-11(17)6-5-7-14/h10,18H,5-9H2,1-4H3,(H,15,17). The van der Waals surface area contributed by atoms with Gasteiger partial charge >= 0.3 is 0 Å². The molecule has 106 valence electrons. The van der Waals surface area contributed by atoms with Gasteiger partial charge in [-0.1, -0.05) is 15.9 Å². The lowest BCUT2D eigenvalue weighted by atomic mass is 9.79. The normalized spacial score (nSPS) is 23.9. The Bertz CT molecular complexity index is 287. The van der Waals surface area contributed by atoms with E-state index in [-0.39, 0.29) is 23.0 Å². The Balaban J connectivity index is 2.61. The zero-order valence-corrected chi connectivity index (χ0v) is 13.4. The first-order valence-electron chi connectivity index (χ1n) is 6.53. The van der Waals surface area contributed by atoms with Crippen LogP contribution in [0.25, 0.3) is 0 Å². The highest BCUT2D eigenvalue weighted by Crippen LogP contribution is 2.36. The number of alkyl halides is 1. The Morgan fingerprint density at radius 3 is 2.28 bits per heavy atom. The van der Waals surface area contributed by atoms with Crippen molar-refractivity contribution in [1.29, 1.82) is 0 Å². The Morgan fingerprint density at radius 2 is 1.83 bits per heavy atom. The maximum atomic E-state index is 11.8. The summed E-state index contributed by atoms with van der Waals surface area (Å²) in [7, 11) is 0. The van der Waals surface area contributed by atoms with Crippen LogP contribution >= 0.6 is 15.9 Å². The Hall–Kier alpha value is -0.130. The predicted molar refractivity (Wildman–Crippen MR) is 76.0 cm³/mol. The molecule has 1 heterocycles. The number of nitrogens with zero attached hydrogens (tertiary/aromatic N) is 1. The van der Waals surface area contributed by atoms with Crippen LogP contribution in [0.15, 0.2) is 0 Å². The highest BCUT2D eigenvalue weighted by molar-refractivity contribution is 9.09. The highest BCUT2D eigenvalue weighted by Gasteiger charge is 2.45. The molecule has 0 bridgehead atoms. The smallest absolute Gasteiger partial charge is 0.220 e. The molecule has 1 aliphatic rings. The molecule has 5 heteroatoms. The van der Waals surface area contributed by atoms with Gasteiger partial charge in [-0.25, -0.2) is 0 Å². The van der Waals surface area contributed by atoms with Gasteiger partial charge in [0.2, 0.25) is 5.91 Å². The number of carbonyl (C=O) groups is 1. The molecule has 0 aromatic rings. The van der Waals surface area contributed by atoms with Crippen molar-refractivity contribution in [2.24, 2.45) is 0 Å². The van der Waals surface area contributed by atoms with Crippen molar-refractivity contribution in [3.05, 3.63) is 0 Å². The highest BCUT2D eigenvalue weighted by atomic mass is 79.9. The molecule has 1 amide bonds. The summed E-state index contributed by atoms with van der Waals surface area (Å²) in [5.41, 5.74) is -0.621. The molecule has 0 radical (unpaired) electrons. The van der Waals surface area contributed by atoms with Crippen molar-refractivity contribution < 1.29 is 10.0 Å². The summed E-state index contributed by atoms with van der Waals surface area (Å²) in [6.07, 6.45) is 2.96. The lowest BCUT2D eigenvalue weighted by molar-refractivity contribution is -0.246. The SMILES string of the molecule is CC1(C)CC(NC(=O)CCCBr)CC(C)(C)N1O. The molecule has 18 heavy (non-hydrogen) atoms. The zero-order valence-electron chi connectivity index (χ0n) is 11.8. The summed E-state index contributed by atoms with van der Waals surface area (Å²) in [6, 6.07) is 0.140. The first kappa shape index (κ1) is 15.9. The van der Waals surface area contributed by atoms with E-state index in [1.807, 2.05) is 27.7 Å². The van der Waals surface area contributed by atoms with Crippen molar-refractivity contribution in [2.75, 3.05) is 5.33 Å². The molecule has 1 rings (SSSR count). The van der Waals surface area contributed by atoms with E-state index >= 15 is 0 Å². The topological polar surface area (TPSA) is 52.6 Å². The fourth-order valence-electron chi connectivity index (χ4n) is 2.90. The second kappa shape index (κ2) is 5.88. The van der Waals surface area contributed by atoms with Crippen LogP contribution in [-0.2, 0) is 4.79 Å². The zero-order chi connectivity index (χ0) is 14.0. The van der Waals surface area contributed by atoms with Crippen molar-refractivity contribution in [3.8, 4) is 0 Å². The number of halogens is 1. The van der Waals surface area contributed by atoms with Gasteiger partial charge < -0.3 is 10.5 Å². The molecular formula is C13H25BrN2O2. The van der Waals surface area contributed by atoms with Crippen LogP contribution in [0.2, 0.25) is 0 Å². The van der Waals surface area contributed by atoms with Gasteiger partial charge in [-0.15, -0.1) is 0 Å². The van der Waals surface area contributed by atoms with Crippen LogP contribution in [0.4, 0.5) is 0 Å². The number of hydrogen-bond donors (Lipinski definition) is 2. The largest absolute Gasteiger partial charge is 0.353 e. The first-order valence-corrected chi connectivity index (χ1v) is 7.66. The summed E-state index contributed by atoms with van der Waals surface area (Å²) in [5.74, 6) is 0.109. The number of amides is 1. The molecule has 4 nitrogen and oxygen atoms in total. The minimum Gasteiger partial charge on any atom is -0.353 e. The van der Waals surface area contributed by atoms with E-state index in [4.69, 9.17) is 0 Å². The van der Waals surface area contributed by atoms with Gasteiger partial charge in [-0.2, -0.15) is 5.06 Å². The summed E-state index contributed by atoms with van der Waals surface area (Å²) < 4.78 is 0. The molecule has 0 atom stereocenters. The average molecular weight is 321 g/mol. The van der Waals surface area contributed by atoms with Gasteiger partial charge in [0.15, 0.2) is 0 Å². The van der Waals surface area contributed by atoms with Gasteiger partial charge in [0.25, 0.3) is 0 Å². The molecule has 0 aromatic heterocycles. The van der Waals surface area contributed by atoms with E-state index in [2.05, 4.69) is 21.2 Å². The Kier molecular flexibility index (Phi) is 5.21. The maximum Gasteiger partial charge on any atom is 0.220 e. The summed E-state index contributed by atoms with van der Waals surface area (Å²) >= 11 is 3.33. The van der Waals surface area contributed by atoms with Gasteiger partial charge in [0.1, 0.15) is 0 Å². The third-order valence-electron chi connectivity index (χ3n) is 3.54. The second-order valence-electron chi connectivity index (χ2n) is 6.40. The molecular weight excluding hydrogens is 296 g/mol. The number of carbonyl (C=O) groups excluding carboxylic acids is 1. The fraction of sp³-hybridized carbons (Fsp3) is 0.923. The van der Waals surface area contributed by atoms with Crippen molar-refractivity contribution in [2.45, 2.75) is 70.5 Å². The number of hydroxylamine groups is 2. The van der Waals surface area contributed by atoms with Crippen LogP contribution in [0.5, 0.6) is 0 Å². The van der Waals surface area contributed by atoms with Crippen LogP contribution in [-0.4, -0.2) is 38.6 Å². The molecule has 0 saturated carbocycles. The van der Waals surface area contributed by atoms with Crippen molar-refractivity contribution >= 4 is 21.8 Å². The van der Waals surface area contributed by atoms with Crippen molar-refractivity contribution in [3.63, 3.8) is 0 Å². The summed E-state index contributed by atoms with van der Waals surface area (Å²) in [5, 5.41) is 15.5. The van der Waals surface area contributed by atoms with Crippen LogP contribution in [0, 0.1) is 0 Å². The molecule has 1 aliphatic heterocycles. The number of piperidine rings is 1. The van der Waals surface area contributed by atoms with Crippen molar-refractivity contribution in [1.82, 2.24) is 10.4 Å². The number of rotatable bonds is 4. The lowest BCUT2D eigenvalue weighted by Crippen LogP contribution is -2.62. The maximum absolute atomic E-state index is 11.8. The second-order valence-corrected chi connectivity index (χ2v) is 7.19. The van der Waals surface area contributed by atoms with Gasteiger partial charge in [-0.3, -0.25) is 4.79 Å². The molecule has 0 spiro atoms. The monoisotopic (exact) mass is 320 g/mol. The van der Waals surface area contributed by atoms with E-state index in [0.29, 0.717) is 6.42 Å². The Morgan fingerprint density at radius 1 is 1.33 bits per heavy atom. The lowest BCUT2D eigenvalue weighted by Gasteiger charge is -2.51. The number of nitrogens with one attached hydrogen (secondary N) is 1. The fourth-order valence-corrected chi connectivity index (χ4v) is 3.18.